The largest absolute Gasteiger partial charge is 0.351 e. The number of hydrogen-bond acceptors (Lipinski definition) is 5. The predicted octanol–water partition coefficient (Wildman–Crippen LogP) is 0.158. The van der Waals surface area contributed by atoms with Gasteiger partial charge in [0, 0.05) is 6.54 Å². The van der Waals surface area contributed by atoms with Gasteiger partial charge in [-0.05, 0) is 13.8 Å². The zero-order chi connectivity index (χ0) is 12.0. The molecule has 0 aromatic carbocycles. The van der Waals surface area contributed by atoms with Crippen LogP contribution in [0.5, 0.6) is 0 Å². The SMILES string of the molecule is C=CCNC(=O)C(C)NCc1nc(C)no1. The molecule has 0 spiro atoms. The summed E-state index contributed by atoms with van der Waals surface area (Å²) >= 11 is 0. The van der Waals surface area contributed by atoms with E-state index in [9.17, 15) is 4.79 Å². The average Bonchev–Trinajstić information content (AvgIpc) is 2.68. The van der Waals surface area contributed by atoms with Crippen molar-refractivity contribution in [1.29, 1.82) is 0 Å². The summed E-state index contributed by atoms with van der Waals surface area (Å²) < 4.78 is 4.90. The van der Waals surface area contributed by atoms with E-state index in [-0.39, 0.29) is 11.9 Å². The smallest absolute Gasteiger partial charge is 0.240 e. The zero-order valence-electron chi connectivity index (χ0n) is 9.49. The number of nitrogens with one attached hydrogen (secondary N) is 2. The number of amides is 1. The van der Waals surface area contributed by atoms with Gasteiger partial charge in [0.1, 0.15) is 0 Å². The van der Waals surface area contributed by atoms with Crippen molar-refractivity contribution in [3.8, 4) is 0 Å². The van der Waals surface area contributed by atoms with Gasteiger partial charge in [-0.1, -0.05) is 11.2 Å². The first-order valence-electron chi connectivity index (χ1n) is 5.04. The van der Waals surface area contributed by atoms with Crippen molar-refractivity contribution in [3.05, 3.63) is 24.4 Å². The van der Waals surface area contributed by atoms with Crippen molar-refractivity contribution >= 4 is 5.91 Å². The Balaban J connectivity index is 2.31. The molecular formula is C10H16N4O2. The molecule has 0 aliphatic carbocycles. The molecule has 0 saturated carbocycles. The molecule has 1 amide bonds. The van der Waals surface area contributed by atoms with Gasteiger partial charge in [-0.25, -0.2) is 0 Å². The molecule has 1 rings (SSSR count). The Morgan fingerprint density at radius 2 is 2.44 bits per heavy atom. The molecule has 1 heterocycles. The maximum Gasteiger partial charge on any atom is 0.240 e. The van der Waals surface area contributed by atoms with Crippen molar-refractivity contribution in [1.82, 2.24) is 20.8 Å². The van der Waals surface area contributed by atoms with E-state index in [1.807, 2.05) is 0 Å². The molecule has 1 aromatic rings. The highest BCUT2D eigenvalue weighted by Gasteiger charge is 2.12. The van der Waals surface area contributed by atoms with Crippen molar-refractivity contribution < 1.29 is 9.32 Å². The molecule has 0 aliphatic rings. The summed E-state index contributed by atoms with van der Waals surface area (Å²) in [4.78, 5) is 15.5. The standard InChI is InChI=1S/C10H16N4O2/c1-4-5-11-10(15)7(2)12-6-9-13-8(3)14-16-9/h4,7,12H,1,5-6H2,2-3H3,(H,11,15). The zero-order valence-corrected chi connectivity index (χ0v) is 9.49. The van der Waals surface area contributed by atoms with Crippen molar-refractivity contribution in [2.75, 3.05) is 6.54 Å². The van der Waals surface area contributed by atoms with E-state index >= 15 is 0 Å². The fraction of sp³-hybridized carbons (Fsp3) is 0.500. The van der Waals surface area contributed by atoms with Gasteiger partial charge in [0.2, 0.25) is 11.8 Å². The lowest BCUT2D eigenvalue weighted by atomic mass is 10.3. The van der Waals surface area contributed by atoms with Gasteiger partial charge in [-0.3, -0.25) is 10.1 Å². The first-order chi connectivity index (χ1) is 7.63. The highest BCUT2D eigenvalue weighted by atomic mass is 16.5. The lowest BCUT2D eigenvalue weighted by Gasteiger charge is -2.11. The predicted molar refractivity (Wildman–Crippen MR) is 58.5 cm³/mol. The van der Waals surface area contributed by atoms with E-state index in [4.69, 9.17) is 4.52 Å². The number of carbonyl (C=O) groups is 1. The summed E-state index contributed by atoms with van der Waals surface area (Å²) in [5.41, 5.74) is 0. The fourth-order valence-electron chi connectivity index (χ4n) is 1.07. The van der Waals surface area contributed by atoms with Crippen molar-refractivity contribution in [2.45, 2.75) is 26.4 Å². The number of aryl methyl sites for hydroxylation is 1. The van der Waals surface area contributed by atoms with Gasteiger partial charge in [0.25, 0.3) is 0 Å². The highest BCUT2D eigenvalue weighted by Crippen LogP contribution is 1.95. The summed E-state index contributed by atoms with van der Waals surface area (Å²) in [5, 5.41) is 9.31. The Bertz CT molecular complexity index is 361. The molecular weight excluding hydrogens is 208 g/mol. The second-order valence-electron chi connectivity index (χ2n) is 3.37. The minimum absolute atomic E-state index is 0.0869. The van der Waals surface area contributed by atoms with E-state index < -0.39 is 0 Å². The third-order valence-electron chi connectivity index (χ3n) is 1.94. The number of nitrogens with zero attached hydrogens (tertiary/aromatic N) is 2. The maximum absolute atomic E-state index is 11.4. The van der Waals surface area contributed by atoms with Gasteiger partial charge in [-0.15, -0.1) is 6.58 Å². The highest BCUT2D eigenvalue weighted by molar-refractivity contribution is 5.81. The molecule has 6 heteroatoms. The van der Waals surface area contributed by atoms with Crippen molar-refractivity contribution in [3.63, 3.8) is 0 Å². The van der Waals surface area contributed by atoms with Crippen LogP contribution >= 0.6 is 0 Å². The Kier molecular flexibility index (Phi) is 4.65. The summed E-state index contributed by atoms with van der Waals surface area (Å²) in [6.45, 7) is 7.87. The third kappa shape index (κ3) is 3.82. The van der Waals surface area contributed by atoms with Crippen LogP contribution in [0.2, 0.25) is 0 Å². The van der Waals surface area contributed by atoms with E-state index in [0.29, 0.717) is 24.8 Å². The molecule has 0 saturated heterocycles. The van der Waals surface area contributed by atoms with Gasteiger partial charge in [0.15, 0.2) is 5.82 Å². The molecule has 1 aromatic heterocycles. The lowest BCUT2D eigenvalue weighted by molar-refractivity contribution is -0.122. The topological polar surface area (TPSA) is 80.0 Å². The van der Waals surface area contributed by atoms with Crippen LogP contribution in [0, 0.1) is 6.92 Å². The van der Waals surface area contributed by atoms with Gasteiger partial charge in [0.05, 0.1) is 12.6 Å². The summed E-state index contributed by atoms with van der Waals surface area (Å²) in [6.07, 6.45) is 1.63. The Hall–Kier alpha value is -1.69. The van der Waals surface area contributed by atoms with Gasteiger partial charge < -0.3 is 9.84 Å². The number of rotatable bonds is 6. The van der Waals surface area contributed by atoms with Crippen LogP contribution < -0.4 is 10.6 Å². The van der Waals surface area contributed by atoms with Crippen LogP contribution in [0.25, 0.3) is 0 Å². The first-order valence-corrected chi connectivity index (χ1v) is 5.04. The minimum atomic E-state index is -0.313. The number of aromatic nitrogens is 2. The van der Waals surface area contributed by atoms with E-state index in [1.54, 1.807) is 19.9 Å². The third-order valence-corrected chi connectivity index (χ3v) is 1.94. The maximum atomic E-state index is 11.4. The molecule has 6 nitrogen and oxygen atoms in total. The van der Waals surface area contributed by atoms with Crippen molar-refractivity contribution in [2.24, 2.45) is 0 Å². The van der Waals surface area contributed by atoms with Crippen LogP contribution in [-0.4, -0.2) is 28.6 Å². The fourth-order valence-corrected chi connectivity index (χ4v) is 1.07. The molecule has 1 atom stereocenters. The van der Waals surface area contributed by atoms with Gasteiger partial charge in [-0.2, -0.15) is 4.98 Å². The van der Waals surface area contributed by atoms with E-state index in [2.05, 4.69) is 27.4 Å². The quantitative estimate of drug-likeness (QED) is 0.673. The summed E-state index contributed by atoms with van der Waals surface area (Å²) in [7, 11) is 0. The molecule has 0 bridgehead atoms. The van der Waals surface area contributed by atoms with Crippen LogP contribution in [0.1, 0.15) is 18.6 Å². The molecule has 88 valence electrons. The Labute approximate surface area is 94.1 Å². The molecule has 0 fully saturated rings. The molecule has 0 radical (unpaired) electrons. The molecule has 2 N–H and O–H groups in total. The van der Waals surface area contributed by atoms with Gasteiger partial charge >= 0.3 is 0 Å². The second-order valence-corrected chi connectivity index (χ2v) is 3.37. The Morgan fingerprint density at radius 1 is 1.69 bits per heavy atom. The number of carbonyl (C=O) groups excluding carboxylic acids is 1. The van der Waals surface area contributed by atoms with Crippen LogP contribution in [0.15, 0.2) is 17.2 Å². The molecule has 1 unspecified atom stereocenters. The Morgan fingerprint density at radius 3 is 3.00 bits per heavy atom. The van der Waals surface area contributed by atoms with Crippen LogP contribution in [0.4, 0.5) is 0 Å². The average molecular weight is 224 g/mol. The molecule has 0 aliphatic heterocycles. The minimum Gasteiger partial charge on any atom is -0.351 e. The van der Waals surface area contributed by atoms with Crippen LogP contribution in [0.3, 0.4) is 0 Å². The van der Waals surface area contributed by atoms with E-state index in [0.717, 1.165) is 0 Å². The second kappa shape index (κ2) is 6.02. The molecule has 16 heavy (non-hydrogen) atoms. The van der Waals surface area contributed by atoms with E-state index in [1.165, 1.54) is 0 Å². The van der Waals surface area contributed by atoms with Crippen LogP contribution in [-0.2, 0) is 11.3 Å². The summed E-state index contributed by atoms with van der Waals surface area (Å²) in [6, 6.07) is -0.313. The number of hydrogen-bond donors (Lipinski definition) is 2. The normalized spacial score (nSPS) is 12.1. The lowest BCUT2D eigenvalue weighted by Crippen LogP contribution is -2.41. The summed E-state index contributed by atoms with van der Waals surface area (Å²) in [5.74, 6) is 0.970. The monoisotopic (exact) mass is 224 g/mol. The first kappa shape index (κ1) is 12.4.